The molecule has 0 radical (unpaired) electrons. The normalized spacial score (nSPS) is 14.6. The number of carbonyl (C=O) groups is 1. The van der Waals surface area contributed by atoms with E-state index in [2.05, 4.69) is 5.32 Å². The number of sulfonamides is 1. The Morgan fingerprint density at radius 1 is 1.00 bits per heavy atom. The quantitative estimate of drug-likeness (QED) is 0.536. The molecular formula is C25H34N2O6S. The Labute approximate surface area is 202 Å². The molecule has 34 heavy (non-hydrogen) atoms. The zero-order valence-corrected chi connectivity index (χ0v) is 21.1. The largest absolute Gasteiger partial charge is 0.497 e. The van der Waals surface area contributed by atoms with Crippen LogP contribution >= 0.6 is 0 Å². The molecule has 3 rings (SSSR count). The summed E-state index contributed by atoms with van der Waals surface area (Å²) in [6.07, 6.45) is 3.27. The topological polar surface area (TPSA) is 94.2 Å². The van der Waals surface area contributed by atoms with Crippen molar-refractivity contribution in [2.75, 3.05) is 32.6 Å². The Hall–Kier alpha value is -2.78. The SMILES string of the molecule is COc1cc(CCC(=O)Nc2cc(S(=O)(=O)N3CCCCC3)ccc2OC(C)C)cc(OC)c1. The van der Waals surface area contributed by atoms with E-state index in [0.717, 1.165) is 24.8 Å². The van der Waals surface area contributed by atoms with E-state index in [0.29, 0.717) is 42.4 Å². The van der Waals surface area contributed by atoms with Gasteiger partial charge in [0.05, 0.1) is 30.9 Å². The van der Waals surface area contributed by atoms with Gasteiger partial charge >= 0.3 is 0 Å². The fraction of sp³-hybridized carbons (Fsp3) is 0.480. The van der Waals surface area contributed by atoms with Crippen molar-refractivity contribution in [3.63, 3.8) is 0 Å². The number of amides is 1. The van der Waals surface area contributed by atoms with Crippen LogP contribution < -0.4 is 19.5 Å². The van der Waals surface area contributed by atoms with Crippen molar-refractivity contribution in [3.8, 4) is 17.2 Å². The highest BCUT2D eigenvalue weighted by Gasteiger charge is 2.27. The maximum absolute atomic E-state index is 13.1. The van der Waals surface area contributed by atoms with Crippen LogP contribution in [-0.2, 0) is 21.2 Å². The first-order valence-corrected chi connectivity index (χ1v) is 13.0. The third-order valence-corrected chi connectivity index (χ3v) is 7.49. The number of benzene rings is 2. The van der Waals surface area contributed by atoms with Crippen molar-refractivity contribution in [2.24, 2.45) is 0 Å². The first-order valence-electron chi connectivity index (χ1n) is 11.6. The lowest BCUT2D eigenvalue weighted by atomic mass is 10.1. The second-order valence-corrected chi connectivity index (χ2v) is 10.5. The number of carbonyl (C=O) groups excluding carboxylic acids is 1. The molecule has 1 saturated heterocycles. The van der Waals surface area contributed by atoms with Crippen LogP contribution in [0.15, 0.2) is 41.3 Å². The molecule has 1 amide bonds. The Kier molecular flexibility index (Phi) is 8.79. The van der Waals surface area contributed by atoms with Crippen molar-refractivity contribution in [3.05, 3.63) is 42.0 Å². The zero-order chi connectivity index (χ0) is 24.7. The van der Waals surface area contributed by atoms with Gasteiger partial charge in [-0.2, -0.15) is 4.31 Å². The van der Waals surface area contributed by atoms with Gasteiger partial charge in [-0.25, -0.2) is 8.42 Å². The molecule has 0 spiro atoms. The van der Waals surface area contributed by atoms with Crippen LogP contribution in [0.5, 0.6) is 17.2 Å². The summed E-state index contributed by atoms with van der Waals surface area (Å²) in [4.78, 5) is 13.0. The lowest BCUT2D eigenvalue weighted by Crippen LogP contribution is -2.35. The van der Waals surface area contributed by atoms with Crippen LogP contribution in [0.3, 0.4) is 0 Å². The van der Waals surface area contributed by atoms with Gasteiger partial charge in [0.25, 0.3) is 0 Å². The van der Waals surface area contributed by atoms with E-state index in [1.165, 1.54) is 10.4 Å². The molecule has 0 aliphatic carbocycles. The molecule has 1 aliphatic rings. The number of rotatable bonds is 10. The number of nitrogens with one attached hydrogen (secondary N) is 1. The highest BCUT2D eigenvalue weighted by atomic mass is 32.2. The molecule has 186 valence electrons. The summed E-state index contributed by atoms with van der Waals surface area (Å²) in [5, 5.41) is 2.85. The van der Waals surface area contributed by atoms with E-state index in [9.17, 15) is 13.2 Å². The van der Waals surface area contributed by atoms with Crippen LogP contribution in [-0.4, -0.2) is 52.0 Å². The predicted octanol–water partition coefficient (Wildman–Crippen LogP) is 4.24. The number of hydrogen-bond acceptors (Lipinski definition) is 6. The zero-order valence-electron chi connectivity index (χ0n) is 20.3. The summed E-state index contributed by atoms with van der Waals surface area (Å²) in [6.45, 7) is 4.77. The number of aryl methyl sites for hydroxylation is 1. The van der Waals surface area contributed by atoms with Crippen molar-refractivity contribution in [2.45, 2.75) is 57.0 Å². The molecule has 9 heteroatoms. The standard InChI is InChI=1S/C25H34N2O6S/c1-18(2)33-24-10-9-22(34(29,30)27-12-6-5-7-13-27)17-23(24)26-25(28)11-8-19-14-20(31-3)16-21(15-19)32-4/h9-10,14-18H,5-8,11-13H2,1-4H3,(H,26,28). The van der Waals surface area contributed by atoms with Gasteiger partial charge in [-0.05, 0) is 69.0 Å². The Morgan fingerprint density at radius 2 is 1.65 bits per heavy atom. The summed E-state index contributed by atoms with van der Waals surface area (Å²) in [6, 6.07) is 10.1. The molecule has 1 N–H and O–H groups in total. The van der Waals surface area contributed by atoms with Crippen LogP contribution in [0.25, 0.3) is 0 Å². The Balaban J connectivity index is 1.78. The van der Waals surface area contributed by atoms with Crippen molar-refractivity contribution >= 4 is 21.6 Å². The molecule has 0 bridgehead atoms. The van der Waals surface area contributed by atoms with Crippen molar-refractivity contribution in [1.29, 1.82) is 0 Å². The molecule has 1 aliphatic heterocycles. The van der Waals surface area contributed by atoms with E-state index < -0.39 is 10.0 Å². The van der Waals surface area contributed by atoms with E-state index in [-0.39, 0.29) is 23.3 Å². The molecule has 1 fully saturated rings. The van der Waals surface area contributed by atoms with Crippen LogP contribution in [0, 0.1) is 0 Å². The number of methoxy groups -OCH3 is 2. The van der Waals surface area contributed by atoms with Crippen molar-refractivity contribution < 1.29 is 27.4 Å². The Morgan fingerprint density at radius 3 is 2.24 bits per heavy atom. The molecule has 2 aromatic carbocycles. The number of hydrogen-bond donors (Lipinski definition) is 1. The van der Waals surface area contributed by atoms with E-state index in [1.807, 2.05) is 26.0 Å². The first kappa shape index (κ1) is 25.8. The number of piperidine rings is 1. The lowest BCUT2D eigenvalue weighted by Gasteiger charge is -2.26. The molecule has 8 nitrogen and oxygen atoms in total. The predicted molar refractivity (Wildman–Crippen MR) is 131 cm³/mol. The summed E-state index contributed by atoms with van der Waals surface area (Å²) >= 11 is 0. The van der Waals surface area contributed by atoms with Gasteiger partial charge in [0.1, 0.15) is 17.2 Å². The summed E-state index contributed by atoms with van der Waals surface area (Å²) in [7, 11) is -0.486. The van der Waals surface area contributed by atoms with Gasteiger partial charge in [0.15, 0.2) is 0 Å². The maximum atomic E-state index is 13.1. The fourth-order valence-electron chi connectivity index (χ4n) is 3.86. The fourth-order valence-corrected chi connectivity index (χ4v) is 5.40. The summed E-state index contributed by atoms with van der Waals surface area (Å²) < 4.78 is 44.2. The molecule has 2 aromatic rings. The smallest absolute Gasteiger partial charge is 0.243 e. The van der Waals surface area contributed by atoms with Gasteiger partial charge in [-0.1, -0.05) is 6.42 Å². The average Bonchev–Trinajstić information content (AvgIpc) is 2.83. The summed E-state index contributed by atoms with van der Waals surface area (Å²) in [5.41, 5.74) is 1.24. The molecule has 0 unspecified atom stereocenters. The van der Waals surface area contributed by atoms with Crippen molar-refractivity contribution in [1.82, 2.24) is 4.31 Å². The Bertz CT molecular complexity index is 1070. The van der Waals surface area contributed by atoms with E-state index >= 15 is 0 Å². The number of nitrogens with zero attached hydrogens (tertiary/aromatic N) is 1. The molecule has 0 atom stereocenters. The van der Waals surface area contributed by atoms with Crippen LogP contribution in [0.2, 0.25) is 0 Å². The van der Waals surface area contributed by atoms with E-state index in [1.54, 1.807) is 32.4 Å². The number of ether oxygens (including phenoxy) is 3. The minimum absolute atomic E-state index is 0.135. The second-order valence-electron chi connectivity index (χ2n) is 8.56. The minimum atomic E-state index is -3.64. The minimum Gasteiger partial charge on any atom is -0.497 e. The second kappa shape index (κ2) is 11.6. The first-order chi connectivity index (χ1) is 16.2. The highest BCUT2D eigenvalue weighted by molar-refractivity contribution is 7.89. The maximum Gasteiger partial charge on any atom is 0.243 e. The average molecular weight is 491 g/mol. The number of anilines is 1. The molecule has 0 saturated carbocycles. The molecule has 1 heterocycles. The third kappa shape index (κ3) is 6.64. The third-order valence-electron chi connectivity index (χ3n) is 5.59. The van der Waals surface area contributed by atoms with Gasteiger partial charge in [-0.3, -0.25) is 4.79 Å². The molecule has 0 aromatic heterocycles. The van der Waals surface area contributed by atoms with Crippen LogP contribution in [0.4, 0.5) is 5.69 Å². The van der Waals surface area contributed by atoms with Gasteiger partial charge in [0, 0.05) is 25.6 Å². The summed E-state index contributed by atoms with van der Waals surface area (Å²) in [5.74, 6) is 1.49. The van der Waals surface area contributed by atoms with Gasteiger partial charge < -0.3 is 19.5 Å². The molecular weight excluding hydrogens is 456 g/mol. The van der Waals surface area contributed by atoms with Crippen LogP contribution in [0.1, 0.15) is 45.1 Å². The van der Waals surface area contributed by atoms with Gasteiger partial charge in [0.2, 0.25) is 15.9 Å². The van der Waals surface area contributed by atoms with Gasteiger partial charge in [-0.15, -0.1) is 0 Å². The highest BCUT2D eigenvalue weighted by Crippen LogP contribution is 2.31. The monoisotopic (exact) mass is 490 g/mol. The van der Waals surface area contributed by atoms with E-state index in [4.69, 9.17) is 14.2 Å². The lowest BCUT2D eigenvalue weighted by molar-refractivity contribution is -0.116.